The van der Waals surface area contributed by atoms with Crippen molar-refractivity contribution in [2.45, 2.75) is 12.3 Å². The molecule has 2 aromatic rings. The van der Waals surface area contributed by atoms with Crippen molar-refractivity contribution < 1.29 is 0 Å². The SMILES string of the molecule is CC(Cl)c1nc2ccccc2n1N1CCN(C)CC1. The number of fused-ring (bicyclic) bond motifs is 1. The molecule has 0 amide bonds. The van der Waals surface area contributed by atoms with Crippen LogP contribution in [0.5, 0.6) is 0 Å². The van der Waals surface area contributed by atoms with E-state index in [9.17, 15) is 0 Å². The van der Waals surface area contributed by atoms with Crippen molar-refractivity contribution in [1.29, 1.82) is 0 Å². The zero-order valence-electron chi connectivity index (χ0n) is 11.4. The minimum atomic E-state index is -0.0907. The Kier molecular flexibility index (Phi) is 3.37. The molecule has 1 saturated heterocycles. The van der Waals surface area contributed by atoms with Gasteiger partial charge in [-0.15, -0.1) is 11.6 Å². The number of piperazine rings is 1. The second kappa shape index (κ2) is 5.02. The minimum Gasteiger partial charge on any atom is -0.308 e. The molecule has 0 saturated carbocycles. The van der Waals surface area contributed by atoms with Gasteiger partial charge in [0.15, 0.2) is 0 Å². The molecule has 1 fully saturated rings. The highest BCUT2D eigenvalue weighted by molar-refractivity contribution is 6.20. The lowest BCUT2D eigenvalue weighted by molar-refractivity contribution is 0.287. The van der Waals surface area contributed by atoms with E-state index in [4.69, 9.17) is 11.6 Å². The molecule has 1 aromatic carbocycles. The number of halogens is 1. The van der Waals surface area contributed by atoms with Gasteiger partial charge in [-0.05, 0) is 26.1 Å². The van der Waals surface area contributed by atoms with Crippen LogP contribution in [-0.2, 0) is 0 Å². The van der Waals surface area contributed by atoms with Gasteiger partial charge < -0.3 is 9.91 Å². The summed E-state index contributed by atoms with van der Waals surface area (Å²) in [6.45, 7) is 6.14. The third-order valence-electron chi connectivity index (χ3n) is 3.68. The Hall–Kier alpha value is -1.26. The number of rotatable bonds is 2. The Bertz CT molecular complexity index is 570. The lowest BCUT2D eigenvalue weighted by atomic mass is 10.3. The summed E-state index contributed by atoms with van der Waals surface area (Å²) in [4.78, 5) is 7.03. The van der Waals surface area contributed by atoms with E-state index in [0.29, 0.717) is 0 Å². The molecule has 19 heavy (non-hydrogen) atoms. The first-order chi connectivity index (χ1) is 9.16. The van der Waals surface area contributed by atoms with Crippen molar-refractivity contribution in [3.05, 3.63) is 30.1 Å². The third-order valence-corrected chi connectivity index (χ3v) is 3.88. The number of para-hydroxylation sites is 2. The molecule has 0 aliphatic carbocycles. The Morgan fingerprint density at radius 1 is 1.16 bits per heavy atom. The molecule has 1 atom stereocenters. The van der Waals surface area contributed by atoms with Crippen LogP contribution in [0.25, 0.3) is 11.0 Å². The van der Waals surface area contributed by atoms with Gasteiger partial charge in [0.25, 0.3) is 0 Å². The van der Waals surface area contributed by atoms with Crippen LogP contribution in [0.1, 0.15) is 18.1 Å². The van der Waals surface area contributed by atoms with Gasteiger partial charge in [0.2, 0.25) is 0 Å². The number of hydrogen-bond donors (Lipinski definition) is 0. The Balaban J connectivity index is 2.07. The van der Waals surface area contributed by atoms with Crippen molar-refractivity contribution in [3.8, 4) is 0 Å². The molecule has 1 aromatic heterocycles. The van der Waals surface area contributed by atoms with E-state index in [1.54, 1.807) is 0 Å². The van der Waals surface area contributed by atoms with Crippen molar-refractivity contribution in [3.63, 3.8) is 0 Å². The maximum Gasteiger partial charge on any atom is 0.146 e. The topological polar surface area (TPSA) is 24.3 Å². The van der Waals surface area contributed by atoms with E-state index in [1.165, 1.54) is 0 Å². The molecule has 0 radical (unpaired) electrons. The number of alkyl halides is 1. The minimum absolute atomic E-state index is 0.0907. The molecule has 2 heterocycles. The van der Waals surface area contributed by atoms with Crippen LogP contribution in [0.3, 0.4) is 0 Å². The fourth-order valence-corrected chi connectivity index (χ4v) is 2.72. The summed E-state index contributed by atoms with van der Waals surface area (Å²) in [6.07, 6.45) is 0. The average Bonchev–Trinajstić information content (AvgIpc) is 2.79. The Morgan fingerprint density at radius 2 is 1.84 bits per heavy atom. The zero-order valence-corrected chi connectivity index (χ0v) is 12.1. The average molecular weight is 279 g/mol. The van der Waals surface area contributed by atoms with Gasteiger partial charge in [-0.3, -0.25) is 0 Å². The standard InChI is InChI=1S/C14H19ClN4/c1-11(15)14-16-12-5-3-4-6-13(12)19(14)18-9-7-17(2)8-10-18/h3-6,11H,7-10H2,1-2H3. The van der Waals surface area contributed by atoms with Crippen LogP contribution in [0, 0.1) is 0 Å². The molecule has 5 heteroatoms. The highest BCUT2D eigenvalue weighted by atomic mass is 35.5. The van der Waals surface area contributed by atoms with E-state index < -0.39 is 0 Å². The molecule has 1 aliphatic rings. The summed E-state index contributed by atoms with van der Waals surface area (Å²) >= 11 is 6.31. The van der Waals surface area contributed by atoms with Gasteiger partial charge in [-0.1, -0.05) is 12.1 Å². The maximum absolute atomic E-state index is 6.31. The van der Waals surface area contributed by atoms with Gasteiger partial charge in [-0.25, -0.2) is 9.66 Å². The van der Waals surface area contributed by atoms with E-state index in [1.807, 2.05) is 19.1 Å². The predicted molar refractivity (Wildman–Crippen MR) is 79.4 cm³/mol. The molecule has 1 aliphatic heterocycles. The monoisotopic (exact) mass is 278 g/mol. The fraction of sp³-hybridized carbons (Fsp3) is 0.500. The summed E-state index contributed by atoms with van der Waals surface area (Å²) in [5, 5.41) is 2.26. The Morgan fingerprint density at radius 3 is 2.53 bits per heavy atom. The van der Waals surface area contributed by atoms with Crippen LogP contribution < -0.4 is 5.01 Å². The second-order valence-electron chi connectivity index (χ2n) is 5.14. The first-order valence-corrected chi connectivity index (χ1v) is 7.15. The van der Waals surface area contributed by atoms with Gasteiger partial charge in [0, 0.05) is 26.2 Å². The number of hydrogen-bond acceptors (Lipinski definition) is 3. The molecule has 102 valence electrons. The van der Waals surface area contributed by atoms with Crippen molar-refractivity contribution in [2.24, 2.45) is 0 Å². The quantitative estimate of drug-likeness (QED) is 0.788. The predicted octanol–water partition coefficient (Wildman–Crippen LogP) is 2.22. The zero-order chi connectivity index (χ0) is 13.4. The van der Waals surface area contributed by atoms with Gasteiger partial charge in [0.05, 0.1) is 16.4 Å². The van der Waals surface area contributed by atoms with Crippen molar-refractivity contribution in [1.82, 2.24) is 14.6 Å². The maximum atomic E-state index is 6.31. The van der Waals surface area contributed by atoms with E-state index in [2.05, 4.69) is 38.7 Å². The fourth-order valence-electron chi connectivity index (χ4n) is 2.58. The number of nitrogens with zero attached hydrogens (tertiary/aromatic N) is 4. The number of imidazole rings is 1. The number of benzene rings is 1. The molecule has 3 rings (SSSR count). The number of aromatic nitrogens is 2. The molecule has 1 unspecified atom stereocenters. The summed E-state index contributed by atoms with van der Waals surface area (Å²) in [5.74, 6) is 0.937. The summed E-state index contributed by atoms with van der Waals surface area (Å²) in [5.41, 5.74) is 2.17. The van der Waals surface area contributed by atoms with E-state index in [-0.39, 0.29) is 5.38 Å². The van der Waals surface area contributed by atoms with Crippen LogP contribution in [0.2, 0.25) is 0 Å². The normalized spacial score (nSPS) is 19.0. The molecular weight excluding hydrogens is 260 g/mol. The third kappa shape index (κ3) is 2.30. The first kappa shape index (κ1) is 12.8. The summed E-state index contributed by atoms with van der Waals surface area (Å²) < 4.78 is 2.21. The summed E-state index contributed by atoms with van der Waals surface area (Å²) in [7, 11) is 2.16. The van der Waals surface area contributed by atoms with Crippen molar-refractivity contribution >= 4 is 22.6 Å². The smallest absolute Gasteiger partial charge is 0.146 e. The van der Waals surface area contributed by atoms with Gasteiger partial charge in [0.1, 0.15) is 5.82 Å². The van der Waals surface area contributed by atoms with Gasteiger partial charge in [-0.2, -0.15) is 0 Å². The van der Waals surface area contributed by atoms with E-state index >= 15 is 0 Å². The van der Waals surface area contributed by atoms with Crippen LogP contribution in [0.4, 0.5) is 0 Å². The largest absolute Gasteiger partial charge is 0.308 e. The lowest BCUT2D eigenvalue weighted by Crippen LogP contribution is -2.50. The van der Waals surface area contributed by atoms with Crippen LogP contribution >= 0.6 is 11.6 Å². The summed E-state index contributed by atoms with van der Waals surface area (Å²) in [6, 6.07) is 8.24. The molecule has 0 bridgehead atoms. The molecule has 0 spiro atoms. The first-order valence-electron chi connectivity index (χ1n) is 6.72. The highest BCUT2D eigenvalue weighted by Crippen LogP contribution is 2.25. The van der Waals surface area contributed by atoms with Crippen LogP contribution in [-0.4, -0.2) is 47.8 Å². The van der Waals surface area contributed by atoms with Crippen molar-refractivity contribution in [2.75, 3.05) is 38.2 Å². The van der Waals surface area contributed by atoms with Gasteiger partial charge >= 0.3 is 0 Å². The van der Waals surface area contributed by atoms with Crippen LogP contribution in [0.15, 0.2) is 24.3 Å². The molecule has 4 nitrogen and oxygen atoms in total. The van der Waals surface area contributed by atoms with E-state index in [0.717, 1.165) is 43.0 Å². The second-order valence-corrected chi connectivity index (χ2v) is 5.80. The Labute approximate surface area is 118 Å². The molecular formula is C14H19ClN4. The number of likely N-dealkylation sites (N-methyl/N-ethyl adjacent to an activating group) is 1. The lowest BCUT2D eigenvalue weighted by Gasteiger charge is -2.35. The molecule has 0 N–H and O–H groups in total. The highest BCUT2D eigenvalue weighted by Gasteiger charge is 2.21.